The monoisotopic (exact) mass is 595 g/mol. The Bertz CT molecular complexity index is 2820. The van der Waals surface area contributed by atoms with Gasteiger partial charge in [-0.1, -0.05) is 140 Å². The molecule has 0 amide bonds. The number of hydrogen-bond acceptors (Lipinski definition) is 0. The summed E-state index contributed by atoms with van der Waals surface area (Å²) < 4.78 is 2.41. The Balaban J connectivity index is 1.27. The minimum Gasteiger partial charge on any atom is -0.309 e. The smallest absolute Gasteiger partial charge is 0.0547 e. The van der Waals surface area contributed by atoms with Crippen molar-refractivity contribution in [2.45, 2.75) is 0 Å². The van der Waals surface area contributed by atoms with E-state index >= 15 is 0 Å². The summed E-state index contributed by atoms with van der Waals surface area (Å²) in [5.41, 5.74) is 8.64. The zero-order valence-electron chi connectivity index (χ0n) is 25.7. The molecule has 0 saturated carbocycles. The summed E-state index contributed by atoms with van der Waals surface area (Å²) in [5.74, 6) is 0. The van der Waals surface area contributed by atoms with Gasteiger partial charge in [-0.2, -0.15) is 0 Å². The Morgan fingerprint density at radius 3 is 1.47 bits per heavy atom. The third kappa shape index (κ3) is 3.90. The van der Waals surface area contributed by atoms with Gasteiger partial charge in [0.1, 0.15) is 0 Å². The molecule has 0 spiro atoms. The molecular formula is C46H29N. The van der Waals surface area contributed by atoms with Crippen LogP contribution in [0.2, 0.25) is 0 Å². The molecule has 0 radical (unpaired) electrons. The van der Waals surface area contributed by atoms with Gasteiger partial charge in [-0.15, -0.1) is 0 Å². The molecule has 47 heavy (non-hydrogen) atoms. The summed E-state index contributed by atoms with van der Waals surface area (Å²) in [7, 11) is 0. The fourth-order valence-corrected chi connectivity index (χ4v) is 7.86. The van der Waals surface area contributed by atoms with Crippen LogP contribution < -0.4 is 0 Å². The molecule has 0 N–H and O–H groups in total. The van der Waals surface area contributed by atoms with E-state index in [9.17, 15) is 0 Å². The number of nitrogens with zero attached hydrogens (tertiary/aromatic N) is 1. The highest BCUT2D eigenvalue weighted by atomic mass is 15.0. The zero-order chi connectivity index (χ0) is 30.9. The number of fused-ring (bicyclic) bond motifs is 10. The summed E-state index contributed by atoms with van der Waals surface area (Å²) in [6, 6.07) is 64.5. The normalized spacial score (nSPS) is 11.8. The first-order chi connectivity index (χ1) is 23.3. The fourth-order valence-electron chi connectivity index (χ4n) is 7.86. The van der Waals surface area contributed by atoms with Gasteiger partial charge in [0.25, 0.3) is 0 Å². The van der Waals surface area contributed by atoms with Crippen molar-refractivity contribution in [3.63, 3.8) is 0 Å². The van der Waals surface area contributed by atoms with Gasteiger partial charge in [-0.05, 0) is 102 Å². The second-order valence-electron chi connectivity index (χ2n) is 12.5. The highest BCUT2D eigenvalue weighted by Crippen LogP contribution is 2.43. The summed E-state index contributed by atoms with van der Waals surface area (Å²) >= 11 is 0. The van der Waals surface area contributed by atoms with E-state index in [-0.39, 0.29) is 0 Å². The van der Waals surface area contributed by atoms with E-state index in [1.54, 1.807) is 0 Å². The van der Waals surface area contributed by atoms with Crippen LogP contribution >= 0.6 is 0 Å². The molecule has 218 valence electrons. The van der Waals surface area contributed by atoms with Gasteiger partial charge in [-0.25, -0.2) is 0 Å². The Morgan fingerprint density at radius 1 is 0.255 bits per heavy atom. The molecule has 0 fully saturated rings. The molecule has 1 heteroatoms. The van der Waals surface area contributed by atoms with Gasteiger partial charge in [-0.3, -0.25) is 0 Å². The Kier molecular flexibility index (Phi) is 5.64. The van der Waals surface area contributed by atoms with E-state index < -0.39 is 0 Å². The van der Waals surface area contributed by atoms with E-state index in [1.165, 1.54) is 92.8 Å². The van der Waals surface area contributed by atoms with Gasteiger partial charge in [0.2, 0.25) is 0 Å². The van der Waals surface area contributed by atoms with E-state index in [4.69, 9.17) is 0 Å². The largest absolute Gasteiger partial charge is 0.309 e. The van der Waals surface area contributed by atoms with Crippen molar-refractivity contribution in [1.82, 2.24) is 4.57 Å². The lowest BCUT2D eigenvalue weighted by atomic mass is 9.89. The van der Waals surface area contributed by atoms with Crippen LogP contribution in [0.5, 0.6) is 0 Å². The molecular weight excluding hydrogens is 567 g/mol. The van der Waals surface area contributed by atoms with Crippen molar-refractivity contribution >= 4 is 64.9 Å². The first kappa shape index (κ1) is 26.1. The van der Waals surface area contributed by atoms with Gasteiger partial charge < -0.3 is 4.57 Å². The van der Waals surface area contributed by atoms with Crippen molar-refractivity contribution in [1.29, 1.82) is 0 Å². The summed E-state index contributed by atoms with van der Waals surface area (Å²) in [5, 5.41) is 12.8. The number of benzene rings is 9. The van der Waals surface area contributed by atoms with Crippen LogP contribution in [0, 0.1) is 0 Å². The van der Waals surface area contributed by atoms with Crippen molar-refractivity contribution in [2.75, 3.05) is 0 Å². The molecule has 0 saturated heterocycles. The lowest BCUT2D eigenvalue weighted by Gasteiger charge is -2.15. The molecule has 0 atom stereocenters. The maximum absolute atomic E-state index is 2.44. The first-order valence-corrected chi connectivity index (χ1v) is 16.3. The van der Waals surface area contributed by atoms with Crippen LogP contribution in [0.15, 0.2) is 176 Å². The molecule has 1 heterocycles. The van der Waals surface area contributed by atoms with E-state index in [2.05, 4.69) is 180 Å². The van der Waals surface area contributed by atoms with E-state index in [0.29, 0.717) is 0 Å². The van der Waals surface area contributed by atoms with Crippen LogP contribution in [-0.2, 0) is 0 Å². The second-order valence-corrected chi connectivity index (χ2v) is 12.5. The number of aromatic nitrogens is 1. The molecule has 0 aliphatic rings. The molecule has 0 bridgehead atoms. The first-order valence-electron chi connectivity index (χ1n) is 16.3. The molecule has 0 aliphatic carbocycles. The standard InChI is InChI=1S/C46H29N/c1-3-13-30(14-4-1)33-25-26-34(36-18-8-7-17-35(33)36)31-23-24-39-41(27-31)37-19-9-10-20-38(37)43-29-46-44(28-42(39)43)40-21-11-12-22-45(40)47(46)32-15-5-2-6-16-32/h1-29H. The van der Waals surface area contributed by atoms with Crippen molar-refractivity contribution in [3.8, 4) is 27.9 Å². The number of hydrogen-bond donors (Lipinski definition) is 0. The fraction of sp³-hybridized carbons (Fsp3) is 0. The quantitative estimate of drug-likeness (QED) is 0.179. The van der Waals surface area contributed by atoms with E-state index in [1.807, 2.05) is 0 Å². The van der Waals surface area contributed by atoms with Crippen molar-refractivity contribution in [3.05, 3.63) is 176 Å². The SMILES string of the molecule is c1ccc(-c2ccc(-c3ccc4c(c3)c3ccccc3c3cc5c(cc43)c3ccccc3n5-c3ccccc3)c3ccccc23)cc1. The number of rotatable bonds is 3. The van der Waals surface area contributed by atoms with Crippen molar-refractivity contribution < 1.29 is 0 Å². The maximum atomic E-state index is 2.44. The van der Waals surface area contributed by atoms with Gasteiger partial charge in [0, 0.05) is 16.5 Å². The Labute approximate surface area is 272 Å². The number of para-hydroxylation sites is 2. The lowest BCUT2D eigenvalue weighted by Crippen LogP contribution is -1.93. The van der Waals surface area contributed by atoms with Crippen LogP contribution in [0.1, 0.15) is 0 Å². The van der Waals surface area contributed by atoms with Crippen molar-refractivity contribution in [2.24, 2.45) is 0 Å². The van der Waals surface area contributed by atoms with Gasteiger partial charge >= 0.3 is 0 Å². The highest BCUT2D eigenvalue weighted by Gasteiger charge is 2.17. The average Bonchev–Trinajstić information content (AvgIpc) is 3.47. The summed E-state index contributed by atoms with van der Waals surface area (Å²) in [6.45, 7) is 0. The van der Waals surface area contributed by atoms with E-state index in [0.717, 1.165) is 0 Å². The minimum atomic E-state index is 1.18. The Morgan fingerprint density at radius 2 is 0.766 bits per heavy atom. The van der Waals surface area contributed by atoms with Crippen LogP contribution in [0.4, 0.5) is 0 Å². The third-order valence-corrected chi connectivity index (χ3v) is 9.96. The molecule has 0 aliphatic heterocycles. The maximum Gasteiger partial charge on any atom is 0.0547 e. The van der Waals surface area contributed by atoms with Gasteiger partial charge in [0.05, 0.1) is 11.0 Å². The topological polar surface area (TPSA) is 4.93 Å². The molecule has 1 aromatic heterocycles. The average molecular weight is 596 g/mol. The third-order valence-electron chi connectivity index (χ3n) is 9.96. The summed E-state index contributed by atoms with van der Waals surface area (Å²) in [6.07, 6.45) is 0. The molecule has 10 aromatic rings. The summed E-state index contributed by atoms with van der Waals surface area (Å²) in [4.78, 5) is 0. The highest BCUT2D eigenvalue weighted by molar-refractivity contribution is 6.29. The molecule has 1 nitrogen and oxygen atoms in total. The van der Waals surface area contributed by atoms with Crippen LogP contribution in [-0.4, -0.2) is 4.57 Å². The molecule has 0 unspecified atom stereocenters. The zero-order valence-corrected chi connectivity index (χ0v) is 25.7. The van der Waals surface area contributed by atoms with Gasteiger partial charge in [0.15, 0.2) is 0 Å². The second kappa shape index (κ2) is 10.2. The molecule has 9 aromatic carbocycles. The van der Waals surface area contributed by atoms with Crippen LogP contribution in [0.3, 0.4) is 0 Å². The Hall–Kier alpha value is -6.18. The van der Waals surface area contributed by atoms with Crippen LogP contribution in [0.25, 0.3) is 92.8 Å². The predicted molar refractivity (Wildman–Crippen MR) is 202 cm³/mol. The predicted octanol–water partition coefficient (Wildman–Crippen LogP) is 12.7. The minimum absolute atomic E-state index is 1.18. The lowest BCUT2D eigenvalue weighted by molar-refractivity contribution is 1.18. The molecule has 10 rings (SSSR count).